The molecule has 1 atom stereocenters. The molecule has 2 N–H and O–H groups in total. The number of aliphatic carboxylic acids is 1. The third-order valence-corrected chi connectivity index (χ3v) is 4.48. The van der Waals surface area contributed by atoms with Crippen molar-refractivity contribution in [3.63, 3.8) is 0 Å². The number of anilines is 1. The minimum absolute atomic E-state index is 0.0654. The van der Waals surface area contributed by atoms with Gasteiger partial charge in [0.1, 0.15) is 12.0 Å². The quantitative estimate of drug-likeness (QED) is 0.453. The lowest BCUT2D eigenvalue weighted by Crippen LogP contribution is -2.34. The smallest absolute Gasteiger partial charge is 0.303 e. The number of ether oxygens (including phenoxy) is 1. The number of carboxylic acids is 1. The molecule has 0 aliphatic carbocycles. The number of rotatable bonds is 15. The highest BCUT2D eigenvalue weighted by molar-refractivity contribution is 5.66. The number of nitrogens with zero attached hydrogens (tertiary/aromatic N) is 2. The number of aromatic nitrogens is 1. The van der Waals surface area contributed by atoms with E-state index in [0.29, 0.717) is 13.0 Å². The number of aryl methyl sites for hydroxylation is 2. The van der Waals surface area contributed by atoms with Crippen molar-refractivity contribution in [2.24, 2.45) is 0 Å². The van der Waals surface area contributed by atoms with Crippen molar-refractivity contribution in [3.05, 3.63) is 23.4 Å². The van der Waals surface area contributed by atoms with Crippen molar-refractivity contribution in [3.8, 4) is 0 Å². The molecule has 6 nitrogen and oxygen atoms in total. The maximum absolute atomic E-state index is 13.9. The molecule has 0 saturated heterocycles. The number of unbranched alkanes of at least 4 members (excludes halogenated alkanes) is 1. The molecular weight excluding hydrogens is 349 g/mol. The molecule has 0 saturated carbocycles. The molecule has 0 fully saturated rings. The summed E-state index contributed by atoms with van der Waals surface area (Å²) in [7, 11) is 3.37. The molecule has 1 heterocycles. The second-order valence-corrected chi connectivity index (χ2v) is 6.72. The molecule has 0 aromatic carbocycles. The fraction of sp³-hybridized carbons (Fsp3) is 0.700. The lowest BCUT2D eigenvalue weighted by Gasteiger charge is -2.23. The number of methoxy groups -OCH3 is 1. The van der Waals surface area contributed by atoms with Crippen molar-refractivity contribution in [2.75, 3.05) is 45.7 Å². The van der Waals surface area contributed by atoms with Gasteiger partial charge in [-0.1, -0.05) is 13.0 Å². The highest BCUT2D eigenvalue weighted by Gasteiger charge is 2.13. The molecule has 1 aromatic rings. The van der Waals surface area contributed by atoms with E-state index in [9.17, 15) is 9.18 Å². The Bertz CT molecular complexity index is 557. The molecule has 1 aromatic heterocycles. The average Bonchev–Trinajstić information content (AvgIpc) is 2.64. The lowest BCUT2D eigenvalue weighted by molar-refractivity contribution is -0.137. The zero-order valence-electron chi connectivity index (χ0n) is 16.8. The third-order valence-electron chi connectivity index (χ3n) is 4.48. The molecule has 0 aliphatic rings. The first-order chi connectivity index (χ1) is 13.0. The Labute approximate surface area is 162 Å². The van der Waals surface area contributed by atoms with E-state index in [2.05, 4.69) is 29.4 Å². The molecule has 1 unspecified atom stereocenters. The van der Waals surface area contributed by atoms with Crippen LogP contribution in [0.4, 0.5) is 10.2 Å². The van der Waals surface area contributed by atoms with Crippen LogP contribution in [-0.4, -0.2) is 67.5 Å². The van der Waals surface area contributed by atoms with Gasteiger partial charge in [0.15, 0.2) is 0 Å². The molecular formula is C20H34FN3O3. The Balaban J connectivity index is 2.45. The van der Waals surface area contributed by atoms with Gasteiger partial charge in [-0.05, 0) is 56.8 Å². The number of carbonyl (C=O) groups is 1. The molecule has 0 radical (unpaired) electrons. The van der Waals surface area contributed by atoms with Crippen LogP contribution in [0, 0.1) is 0 Å². The van der Waals surface area contributed by atoms with E-state index in [4.69, 9.17) is 9.84 Å². The maximum atomic E-state index is 13.9. The van der Waals surface area contributed by atoms with Crippen molar-refractivity contribution < 1.29 is 19.0 Å². The fourth-order valence-corrected chi connectivity index (χ4v) is 3.07. The first-order valence-corrected chi connectivity index (χ1v) is 9.73. The number of carboxylic acid groups (broad SMARTS) is 1. The summed E-state index contributed by atoms with van der Waals surface area (Å²) in [6, 6.07) is 4.19. The van der Waals surface area contributed by atoms with Gasteiger partial charge in [-0.25, -0.2) is 9.37 Å². The Morgan fingerprint density at radius 3 is 2.70 bits per heavy atom. The Morgan fingerprint density at radius 2 is 2.07 bits per heavy atom. The Kier molecular flexibility index (Phi) is 11.6. The van der Waals surface area contributed by atoms with Gasteiger partial charge in [0.25, 0.3) is 0 Å². The number of hydrogen-bond donors (Lipinski definition) is 2. The standard InChI is InChI=1S/C20H34FN3O3/c1-4-16-10-11-18(23-20(16)22-2)8-5-6-12-24(13-7-9-19(25)26)14-17(21)15-27-3/h10-11,17H,4-9,12-15H2,1-3H3,(H,22,23)(H,25,26). The summed E-state index contributed by atoms with van der Waals surface area (Å²) in [5, 5.41) is 11.9. The van der Waals surface area contributed by atoms with Crippen LogP contribution in [0.5, 0.6) is 0 Å². The molecule has 1 rings (SSSR count). The first kappa shape index (κ1) is 23.3. The predicted octanol–water partition coefficient (Wildman–Crippen LogP) is 3.16. The monoisotopic (exact) mass is 383 g/mol. The van der Waals surface area contributed by atoms with Crippen molar-refractivity contribution >= 4 is 11.8 Å². The van der Waals surface area contributed by atoms with Gasteiger partial charge in [-0.3, -0.25) is 4.79 Å². The van der Waals surface area contributed by atoms with Gasteiger partial charge in [-0.15, -0.1) is 0 Å². The topological polar surface area (TPSA) is 74.7 Å². The molecule has 7 heteroatoms. The van der Waals surface area contributed by atoms with E-state index in [0.717, 1.165) is 43.7 Å². The second-order valence-electron chi connectivity index (χ2n) is 6.72. The molecule has 0 spiro atoms. The summed E-state index contributed by atoms with van der Waals surface area (Å²) in [5.41, 5.74) is 2.26. The second kappa shape index (κ2) is 13.4. The van der Waals surface area contributed by atoms with Gasteiger partial charge < -0.3 is 20.1 Å². The molecule has 0 amide bonds. The Morgan fingerprint density at radius 1 is 1.33 bits per heavy atom. The van der Waals surface area contributed by atoms with Crippen LogP contribution < -0.4 is 5.32 Å². The van der Waals surface area contributed by atoms with Crippen LogP contribution in [0.15, 0.2) is 12.1 Å². The maximum Gasteiger partial charge on any atom is 0.303 e. The van der Waals surface area contributed by atoms with Gasteiger partial charge >= 0.3 is 5.97 Å². The fourth-order valence-electron chi connectivity index (χ4n) is 3.07. The molecule has 0 aliphatic heterocycles. The number of nitrogens with one attached hydrogen (secondary N) is 1. The van der Waals surface area contributed by atoms with Gasteiger partial charge in [-0.2, -0.15) is 0 Å². The highest BCUT2D eigenvalue weighted by atomic mass is 19.1. The summed E-state index contributed by atoms with van der Waals surface area (Å²) in [6.07, 6.45) is 3.27. The molecule has 27 heavy (non-hydrogen) atoms. The number of halogens is 1. The van der Waals surface area contributed by atoms with E-state index >= 15 is 0 Å². The third kappa shape index (κ3) is 9.68. The average molecular weight is 384 g/mol. The van der Waals surface area contributed by atoms with Gasteiger partial charge in [0.2, 0.25) is 0 Å². The summed E-state index contributed by atoms with van der Waals surface area (Å²) in [5.74, 6) is 0.121. The highest BCUT2D eigenvalue weighted by Crippen LogP contribution is 2.15. The van der Waals surface area contributed by atoms with E-state index in [1.807, 2.05) is 11.9 Å². The van der Waals surface area contributed by atoms with Crippen LogP contribution >= 0.6 is 0 Å². The van der Waals surface area contributed by atoms with Crippen molar-refractivity contribution in [1.29, 1.82) is 0 Å². The Hall–Kier alpha value is -1.73. The summed E-state index contributed by atoms with van der Waals surface area (Å²) >= 11 is 0. The van der Waals surface area contributed by atoms with Crippen LogP contribution in [0.25, 0.3) is 0 Å². The van der Waals surface area contributed by atoms with Crippen LogP contribution in [0.1, 0.15) is 43.9 Å². The van der Waals surface area contributed by atoms with Gasteiger partial charge in [0, 0.05) is 32.8 Å². The van der Waals surface area contributed by atoms with E-state index in [-0.39, 0.29) is 19.6 Å². The van der Waals surface area contributed by atoms with Crippen LogP contribution in [0.3, 0.4) is 0 Å². The largest absolute Gasteiger partial charge is 0.481 e. The summed E-state index contributed by atoms with van der Waals surface area (Å²) in [4.78, 5) is 17.3. The van der Waals surface area contributed by atoms with E-state index < -0.39 is 12.1 Å². The zero-order valence-corrected chi connectivity index (χ0v) is 16.8. The van der Waals surface area contributed by atoms with Gasteiger partial charge in [0.05, 0.1) is 6.61 Å². The number of hydrogen-bond acceptors (Lipinski definition) is 5. The normalized spacial score (nSPS) is 12.3. The van der Waals surface area contributed by atoms with Crippen LogP contribution in [-0.2, 0) is 22.4 Å². The van der Waals surface area contributed by atoms with Crippen LogP contribution in [0.2, 0.25) is 0 Å². The summed E-state index contributed by atoms with van der Waals surface area (Å²) in [6.45, 7) is 3.79. The molecule has 154 valence electrons. The number of pyridine rings is 1. The van der Waals surface area contributed by atoms with E-state index in [1.54, 1.807) is 0 Å². The minimum atomic E-state index is -1.05. The zero-order chi connectivity index (χ0) is 20.1. The van der Waals surface area contributed by atoms with E-state index in [1.165, 1.54) is 12.7 Å². The SMILES string of the molecule is CCc1ccc(CCCCN(CCCC(=O)O)CC(F)COC)nc1NC. The van der Waals surface area contributed by atoms with Crippen molar-refractivity contribution in [2.45, 2.75) is 51.6 Å². The molecule has 0 bridgehead atoms. The number of alkyl halides is 1. The van der Waals surface area contributed by atoms with Crippen molar-refractivity contribution in [1.82, 2.24) is 9.88 Å². The predicted molar refractivity (Wildman–Crippen MR) is 106 cm³/mol. The lowest BCUT2D eigenvalue weighted by atomic mass is 10.1. The first-order valence-electron chi connectivity index (χ1n) is 9.73. The minimum Gasteiger partial charge on any atom is -0.481 e. The summed E-state index contributed by atoms with van der Waals surface area (Å²) < 4.78 is 18.7.